The Morgan fingerprint density at radius 2 is 2.17 bits per heavy atom. The molecule has 5 heteroatoms. The summed E-state index contributed by atoms with van der Waals surface area (Å²) in [6, 6.07) is 3.97. The third-order valence-corrected chi connectivity index (χ3v) is 5.32. The molecule has 2 heterocycles. The van der Waals surface area contributed by atoms with Crippen LogP contribution in [-0.4, -0.2) is 43.1 Å². The number of rotatable bonds is 3. The van der Waals surface area contributed by atoms with Crippen molar-refractivity contribution in [3.63, 3.8) is 0 Å². The molecule has 1 aliphatic heterocycles. The summed E-state index contributed by atoms with van der Waals surface area (Å²) in [7, 11) is 3.52. The van der Waals surface area contributed by atoms with Crippen LogP contribution in [-0.2, 0) is 6.54 Å². The molecule has 1 saturated carbocycles. The molecule has 1 aromatic rings. The van der Waals surface area contributed by atoms with Crippen molar-refractivity contribution in [1.29, 1.82) is 0 Å². The molecule has 0 unspecified atom stereocenters. The monoisotopic (exact) mass is 316 g/mol. The van der Waals surface area contributed by atoms with E-state index in [1.165, 1.54) is 38.5 Å². The number of guanidine groups is 1. The summed E-state index contributed by atoms with van der Waals surface area (Å²) in [5, 5.41) is 3.49. The number of nitrogens with zero attached hydrogens (tertiary/aromatic N) is 3. The molecule has 0 radical (unpaired) electrons. The average Bonchev–Trinajstić information content (AvgIpc) is 2.99. The third-order valence-electron chi connectivity index (χ3n) is 5.32. The van der Waals surface area contributed by atoms with Crippen LogP contribution in [0.2, 0.25) is 0 Å². The summed E-state index contributed by atoms with van der Waals surface area (Å²) in [4.78, 5) is 11.1. The SMILES string of the molecule is CN=C(NCc1ccnc(OC)c1)N1CCC2(CCCCC2)C1. The summed E-state index contributed by atoms with van der Waals surface area (Å²) in [5.41, 5.74) is 1.71. The summed E-state index contributed by atoms with van der Waals surface area (Å²) in [6.45, 7) is 3.03. The summed E-state index contributed by atoms with van der Waals surface area (Å²) in [6.07, 6.45) is 10.1. The number of aliphatic imine (C=N–C) groups is 1. The lowest BCUT2D eigenvalue weighted by Gasteiger charge is -2.33. The maximum atomic E-state index is 5.18. The Bertz CT molecular complexity index is 552. The molecule has 3 rings (SSSR count). The fourth-order valence-electron chi connectivity index (χ4n) is 4.01. The van der Waals surface area contributed by atoms with Crippen LogP contribution in [0.25, 0.3) is 0 Å². The lowest BCUT2D eigenvalue weighted by molar-refractivity contribution is 0.203. The highest BCUT2D eigenvalue weighted by atomic mass is 16.5. The van der Waals surface area contributed by atoms with Gasteiger partial charge < -0.3 is 15.0 Å². The minimum absolute atomic E-state index is 0.551. The van der Waals surface area contributed by atoms with Crippen molar-refractivity contribution in [2.24, 2.45) is 10.4 Å². The largest absolute Gasteiger partial charge is 0.481 e. The van der Waals surface area contributed by atoms with Gasteiger partial charge in [-0.1, -0.05) is 19.3 Å². The van der Waals surface area contributed by atoms with Gasteiger partial charge in [0.2, 0.25) is 5.88 Å². The molecule has 126 valence electrons. The van der Waals surface area contributed by atoms with Crippen molar-refractivity contribution in [3.8, 4) is 5.88 Å². The highest BCUT2D eigenvalue weighted by molar-refractivity contribution is 5.80. The van der Waals surface area contributed by atoms with Crippen LogP contribution < -0.4 is 10.1 Å². The van der Waals surface area contributed by atoms with Crippen molar-refractivity contribution in [1.82, 2.24) is 15.2 Å². The van der Waals surface area contributed by atoms with E-state index < -0.39 is 0 Å². The Kier molecular flexibility index (Phi) is 5.03. The summed E-state index contributed by atoms with van der Waals surface area (Å²) >= 11 is 0. The maximum Gasteiger partial charge on any atom is 0.213 e. The standard InChI is InChI=1S/C18H28N4O/c1-19-17(21-13-15-6-10-20-16(12-15)23-2)22-11-9-18(14-22)7-4-3-5-8-18/h6,10,12H,3-5,7-9,11,13-14H2,1-2H3,(H,19,21). The average molecular weight is 316 g/mol. The molecule has 1 spiro atoms. The van der Waals surface area contributed by atoms with Crippen molar-refractivity contribution in [2.45, 2.75) is 45.1 Å². The normalized spacial score (nSPS) is 20.8. The Labute approximate surface area is 139 Å². The molecule has 0 bridgehead atoms. The zero-order chi connectivity index (χ0) is 16.1. The molecule has 1 saturated heterocycles. The zero-order valence-electron chi connectivity index (χ0n) is 14.3. The first-order chi connectivity index (χ1) is 11.2. The highest BCUT2D eigenvalue weighted by Crippen LogP contribution is 2.43. The van der Waals surface area contributed by atoms with Crippen molar-refractivity contribution < 1.29 is 4.74 Å². The molecular formula is C18H28N4O. The summed E-state index contributed by atoms with van der Waals surface area (Å²) in [5.74, 6) is 1.67. The van der Waals surface area contributed by atoms with Gasteiger partial charge in [0.25, 0.3) is 0 Å². The Morgan fingerprint density at radius 1 is 1.35 bits per heavy atom. The van der Waals surface area contributed by atoms with Crippen molar-refractivity contribution in [2.75, 3.05) is 27.2 Å². The van der Waals surface area contributed by atoms with Gasteiger partial charge in [0.1, 0.15) is 0 Å². The van der Waals surface area contributed by atoms with E-state index >= 15 is 0 Å². The molecule has 1 N–H and O–H groups in total. The second kappa shape index (κ2) is 7.20. The number of pyridine rings is 1. The number of ether oxygens (including phenoxy) is 1. The van der Waals surface area contributed by atoms with Crippen LogP contribution in [0.4, 0.5) is 0 Å². The van der Waals surface area contributed by atoms with Crippen LogP contribution in [0, 0.1) is 5.41 Å². The van der Waals surface area contributed by atoms with Crippen LogP contribution >= 0.6 is 0 Å². The minimum Gasteiger partial charge on any atom is -0.481 e. The molecule has 1 aromatic heterocycles. The number of methoxy groups -OCH3 is 1. The minimum atomic E-state index is 0.551. The second-order valence-electron chi connectivity index (χ2n) is 6.84. The number of hydrogen-bond acceptors (Lipinski definition) is 3. The third kappa shape index (κ3) is 3.77. The molecule has 2 aliphatic rings. The van der Waals surface area contributed by atoms with E-state index in [4.69, 9.17) is 4.74 Å². The Hall–Kier alpha value is -1.78. The molecule has 5 nitrogen and oxygen atoms in total. The number of likely N-dealkylation sites (tertiary alicyclic amines) is 1. The summed E-state index contributed by atoms with van der Waals surface area (Å²) < 4.78 is 5.18. The van der Waals surface area contributed by atoms with Gasteiger partial charge in [-0.15, -0.1) is 0 Å². The van der Waals surface area contributed by atoms with Crippen molar-refractivity contribution in [3.05, 3.63) is 23.9 Å². The van der Waals surface area contributed by atoms with E-state index in [1.807, 2.05) is 19.2 Å². The predicted molar refractivity (Wildman–Crippen MR) is 92.7 cm³/mol. The van der Waals surface area contributed by atoms with E-state index in [2.05, 4.69) is 20.2 Å². The fourth-order valence-corrected chi connectivity index (χ4v) is 4.01. The first-order valence-electron chi connectivity index (χ1n) is 8.69. The van der Waals surface area contributed by atoms with Crippen LogP contribution in [0.3, 0.4) is 0 Å². The van der Waals surface area contributed by atoms with Gasteiger partial charge in [-0.25, -0.2) is 4.98 Å². The van der Waals surface area contributed by atoms with E-state index in [1.54, 1.807) is 13.3 Å². The molecule has 0 atom stereocenters. The van der Waals surface area contributed by atoms with Gasteiger partial charge in [0.05, 0.1) is 7.11 Å². The first-order valence-corrected chi connectivity index (χ1v) is 8.69. The van der Waals surface area contributed by atoms with Gasteiger partial charge in [-0.3, -0.25) is 4.99 Å². The molecule has 0 aromatic carbocycles. The Balaban J connectivity index is 1.58. The molecule has 23 heavy (non-hydrogen) atoms. The van der Waals surface area contributed by atoms with Crippen LogP contribution in [0.1, 0.15) is 44.1 Å². The molecular weight excluding hydrogens is 288 g/mol. The van der Waals surface area contributed by atoms with Gasteiger partial charge in [0.15, 0.2) is 5.96 Å². The lowest BCUT2D eigenvalue weighted by atomic mass is 9.73. The van der Waals surface area contributed by atoms with E-state index in [9.17, 15) is 0 Å². The van der Waals surface area contributed by atoms with Gasteiger partial charge in [-0.05, 0) is 36.3 Å². The number of hydrogen-bond donors (Lipinski definition) is 1. The van der Waals surface area contributed by atoms with E-state index in [0.29, 0.717) is 11.3 Å². The number of nitrogens with one attached hydrogen (secondary N) is 1. The second-order valence-corrected chi connectivity index (χ2v) is 6.84. The lowest BCUT2D eigenvalue weighted by Crippen LogP contribution is -2.41. The number of aromatic nitrogens is 1. The fraction of sp³-hybridized carbons (Fsp3) is 0.667. The Morgan fingerprint density at radius 3 is 2.91 bits per heavy atom. The van der Waals surface area contributed by atoms with Gasteiger partial charge >= 0.3 is 0 Å². The van der Waals surface area contributed by atoms with Gasteiger partial charge in [-0.2, -0.15) is 0 Å². The predicted octanol–water partition coefficient (Wildman–Crippen LogP) is 2.82. The van der Waals surface area contributed by atoms with E-state index in [0.717, 1.165) is 31.2 Å². The van der Waals surface area contributed by atoms with Crippen LogP contribution in [0.15, 0.2) is 23.3 Å². The molecule has 0 amide bonds. The van der Waals surface area contributed by atoms with Crippen LogP contribution in [0.5, 0.6) is 5.88 Å². The van der Waals surface area contributed by atoms with Gasteiger partial charge in [0, 0.05) is 38.9 Å². The maximum absolute atomic E-state index is 5.18. The van der Waals surface area contributed by atoms with Crippen molar-refractivity contribution >= 4 is 5.96 Å². The molecule has 2 fully saturated rings. The first kappa shape index (κ1) is 16.1. The topological polar surface area (TPSA) is 49.8 Å². The smallest absolute Gasteiger partial charge is 0.213 e. The van der Waals surface area contributed by atoms with E-state index in [-0.39, 0.29) is 0 Å². The zero-order valence-corrected chi connectivity index (χ0v) is 14.3. The highest BCUT2D eigenvalue weighted by Gasteiger charge is 2.39. The quantitative estimate of drug-likeness (QED) is 0.688. The molecule has 1 aliphatic carbocycles.